The summed E-state index contributed by atoms with van der Waals surface area (Å²) in [6, 6.07) is 10.7. The first-order valence-electron chi connectivity index (χ1n) is 12.5. The van der Waals surface area contributed by atoms with Gasteiger partial charge in [0.15, 0.2) is 5.96 Å². The monoisotopic (exact) mass is 558 g/mol. The summed E-state index contributed by atoms with van der Waals surface area (Å²) in [7, 11) is -3.92. The normalized spacial score (nSPS) is 16.3. The molecule has 2 atom stereocenters. The van der Waals surface area contributed by atoms with E-state index in [1.807, 2.05) is 6.92 Å². The summed E-state index contributed by atoms with van der Waals surface area (Å²) in [5.74, 6) is -2.15. The van der Waals surface area contributed by atoms with Crippen molar-refractivity contribution in [1.29, 1.82) is 0 Å². The molecule has 1 aliphatic rings. The molecule has 2 amide bonds. The van der Waals surface area contributed by atoms with Gasteiger partial charge in [-0.3, -0.25) is 14.6 Å². The fraction of sp³-hybridized carbons (Fsp3) is 0.385. The van der Waals surface area contributed by atoms with Gasteiger partial charge in [-0.1, -0.05) is 29.8 Å². The molecule has 0 saturated carbocycles. The summed E-state index contributed by atoms with van der Waals surface area (Å²) in [5.41, 5.74) is 12.6. The predicted octanol–water partition coefficient (Wildman–Crippen LogP) is 0.952. The molecule has 2 aromatic rings. The Bertz CT molecular complexity index is 1310. The molecule has 2 aromatic carbocycles. The first-order chi connectivity index (χ1) is 18.5. The number of anilines is 1. The van der Waals surface area contributed by atoms with E-state index < -0.39 is 34.0 Å². The van der Waals surface area contributed by atoms with Crippen molar-refractivity contribution in [2.75, 3.05) is 18.4 Å². The van der Waals surface area contributed by atoms with Gasteiger partial charge in [-0.25, -0.2) is 13.2 Å². The molecule has 0 aliphatic carbocycles. The van der Waals surface area contributed by atoms with Crippen LogP contribution in [0.1, 0.15) is 36.8 Å². The summed E-state index contributed by atoms with van der Waals surface area (Å²) >= 11 is 0. The van der Waals surface area contributed by atoms with E-state index in [-0.39, 0.29) is 36.1 Å². The molecule has 0 bridgehead atoms. The van der Waals surface area contributed by atoms with Gasteiger partial charge in [0.05, 0.1) is 4.90 Å². The topological polar surface area (TPSA) is 197 Å². The lowest BCUT2D eigenvalue weighted by molar-refractivity contribution is -0.142. The molecule has 0 aromatic heterocycles. The Morgan fingerprint density at radius 1 is 1.10 bits per heavy atom. The number of nitrogens with zero attached hydrogens (tertiary/aromatic N) is 2. The lowest BCUT2D eigenvalue weighted by Crippen LogP contribution is -2.51. The highest BCUT2D eigenvalue weighted by Gasteiger charge is 2.40. The minimum absolute atomic E-state index is 0.0226. The summed E-state index contributed by atoms with van der Waals surface area (Å²) in [4.78, 5) is 41.0. The van der Waals surface area contributed by atoms with Gasteiger partial charge in [0, 0.05) is 31.6 Å². The Labute approximate surface area is 227 Å². The van der Waals surface area contributed by atoms with Crippen LogP contribution in [0.3, 0.4) is 0 Å². The zero-order valence-electron chi connectivity index (χ0n) is 21.7. The number of carboxylic acids is 1. The van der Waals surface area contributed by atoms with Crippen LogP contribution in [0.25, 0.3) is 0 Å². The smallest absolute Gasteiger partial charge is 0.326 e. The minimum Gasteiger partial charge on any atom is -0.480 e. The lowest BCUT2D eigenvalue weighted by Gasteiger charge is -2.25. The van der Waals surface area contributed by atoms with Crippen LogP contribution in [0.5, 0.6) is 0 Å². The van der Waals surface area contributed by atoms with Crippen LogP contribution < -0.4 is 22.1 Å². The van der Waals surface area contributed by atoms with Crippen molar-refractivity contribution in [1.82, 2.24) is 9.62 Å². The Morgan fingerprint density at radius 3 is 2.38 bits per heavy atom. The number of amides is 2. The van der Waals surface area contributed by atoms with Crippen LogP contribution in [-0.4, -0.2) is 66.7 Å². The summed E-state index contributed by atoms with van der Waals surface area (Å²) in [5, 5.41) is 15.0. The Morgan fingerprint density at radius 2 is 1.77 bits per heavy atom. The van der Waals surface area contributed by atoms with E-state index in [4.69, 9.17) is 11.5 Å². The number of rotatable bonds is 12. The van der Waals surface area contributed by atoms with Gasteiger partial charge >= 0.3 is 5.97 Å². The first-order valence-corrected chi connectivity index (χ1v) is 14.0. The van der Waals surface area contributed by atoms with Gasteiger partial charge in [0.25, 0.3) is 0 Å². The maximum absolute atomic E-state index is 13.2. The van der Waals surface area contributed by atoms with Crippen molar-refractivity contribution in [2.24, 2.45) is 16.5 Å². The lowest BCUT2D eigenvalue weighted by atomic mass is 10.0. The van der Waals surface area contributed by atoms with Crippen LogP contribution in [0.2, 0.25) is 0 Å². The van der Waals surface area contributed by atoms with Crippen molar-refractivity contribution >= 4 is 39.5 Å². The average Bonchev–Trinajstić information content (AvgIpc) is 3.39. The average molecular weight is 559 g/mol. The molecule has 39 heavy (non-hydrogen) atoms. The van der Waals surface area contributed by atoms with Gasteiger partial charge in [0.1, 0.15) is 12.1 Å². The third kappa shape index (κ3) is 8.26. The van der Waals surface area contributed by atoms with E-state index in [0.717, 1.165) is 9.87 Å². The van der Waals surface area contributed by atoms with E-state index in [1.165, 1.54) is 12.1 Å². The number of nitrogens with one attached hydrogen (secondary N) is 2. The molecule has 210 valence electrons. The first kappa shape index (κ1) is 29.6. The number of carbonyl (C=O) groups is 3. The molecule has 7 N–H and O–H groups in total. The standard InChI is InChI=1S/C26H34N6O6S/c1-17-6-12-20(13-7-17)39(37,38)32-15-3-4-22(32)24(34)31-21(25(35)36)16-18-8-10-19(11-9-18)30-23(33)5-2-14-29-26(27)28/h6-13,21-22H,2-5,14-16H2,1H3,(H,30,33)(H,31,34)(H,35,36)(H4,27,28,29)/t21-,22-/m0/s1. The molecular formula is C26H34N6O6S. The van der Waals surface area contributed by atoms with Crippen LogP contribution in [0.15, 0.2) is 58.4 Å². The van der Waals surface area contributed by atoms with Gasteiger partial charge in [-0.05, 0) is 56.0 Å². The molecular weight excluding hydrogens is 524 g/mol. The van der Waals surface area contributed by atoms with Crippen LogP contribution in [0.4, 0.5) is 5.69 Å². The number of aliphatic carboxylic acids is 1. The number of aliphatic imine (C=N–C) groups is 1. The van der Waals surface area contributed by atoms with Crippen molar-refractivity contribution in [3.8, 4) is 0 Å². The molecule has 13 heteroatoms. The van der Waals surface area contributed by atoms with Gasteiger partial charge < -0.3 is 27.2 Å². The second kappa shape index (κ2) is 13.2. The Kier molecular flexibility index (Phi) is 10.0. The zero-order valence-corrected chi connectivity index (χ0v) is 22.5. The molecule has 0 unspecified atom stereocenters. The van der Waals surface area contributed by atoms with Crippen molar-refractivity contribution in [3.63, 3.8) is 0 Å². The molecule has 0 spiro atoms. The van der Waals surface area contributed by atoms with Gasteiger partial charge in [-0.2, -0.15) is 4.31 Å². The molecule has 12 nitrogen and oxygen atoms in total. The highest BCUT2D eigenvalue weighted by Crippen LogP contribution is 2.26. The molecule has 0 radical (unpaired) electrons. The summed E-state index contributed by atoms with van der Waals surface area (Å²) in [6.45, 7) is 2.36. The number of carboxylic acid groups (broad SMARTS) is 1. The number of nitrogens with two attached hydrogens (primary N) is 2. The largest absolute Gasteiger partial charge is 0.480 e. The van der Waals surface area contributed by atoms with Crippen LogP contribution in [0, 0.1) is 6.92 Å². The Balaban J connectivity index is 1.60. The third-order valence-electron chi connectivity index (χ3n) is 6.28. The number of benzene rings is 2. The third-order valence-corrected chi connectivity index (χ3v) is 8.20. The second-order valence-corrected chi connectivity index (χ2v) is 11.2. The second-order valence-electron chi connectivity index (χ2n) is 9.35. The maximum Gasteiger partial charge on any atom is 0.326 e. The molecule has 1 saturated heterocycles. The van der Waals surface area contributed by atoms with Crippen molar-refractivity contribution in [2.45, 2.75) is 56.0 Å². The number of aryl methyl sites for hydroxylation is 1. The number of hydrogen-bond donors (Lipinski definition) is 5. The van der Waals surface area contributed by atoms with E-state index in [0.29, 0.717) is 37.1 Å². The molecule has 1 aliphatic heterocycles. The quantitative estimate of drug-likeness (QED) is 0.144. The Hall–Kier alpha value is -3.97. The number of hydrogen-bond acceptors (Lipinski definition) is 6. The number of sulfonamides is 1. The van der Waals surface area contributed by atoms with E-state index in [9.17, 15) is 27.9 Å². The van der Waals surface area contributed by atoms with Gasteiger partial charge in [-0.15, -0.1) is 0 Å². The zero-order chi connectivity index (χ0) is 28.6. The highest BCUT2D eigenvalue weighted by atomic mass is 32.2. The fourth-order valence-electron chi connectivity index (χ4n) is 4.23. The highest BCUT2D eigenvalue weighted by molar-refractivity contribution is 7.89. The van der Waals surface area contributed by atoms with Crippen molar-refractivity contribution < 1.29 is 27.9 Å². The van der Waals surface area contributed by atoms with Crippen LogP contribution >= 0.6 is 0 Å². The number of guanidine groups is 1. The molecule has 3 rings (SSSR count). The van der Waals surface area contributed by atoms with E-state index in [2.05, 4.69) is 15.6 Å². The van der Waals surface area contributed by atoms with E-state index in [1.54, 1.807) is 36.4 Å². The summed E-state index contributed by atoms with van der Waals surface area (Å²) < 4.78 is 27.5. The molecule has 1 heterocycles. The number of carbonyl (C=O) groups excluding carboxylic acids is 2. The molecule has 1 fully saturated rings. The van der Waals surface area contributed by atoms with Gasteiger partial charge in [0.2, 0.25) is 21.8 Å². The van der Waals surface area contributed by atoms with Crippen LogP contribution in [-0.2, 0) is 30.8 Å². The summed E-state index contributed by atoms with van der Waals surface area (Å²) in [6.07, 6.45) is 1.47. The SMILES string of the molecule is Cc1ccc(S(=O)(=O)N2CCC[C@H]2C(=O)N[C@@H](Cc2ccc(NC(=O)CCCN=C(N)N)cc2)C(=O)O)cc1. The predicted molar refractivity (Wildman–Crippen MR) is 146 cm³/mol. The fourth-order valence-corrected chi connectivity index (χ4v) is 5.89. The van der Waals surface area contributed by atoms with Crippen molar-refractivity contribution in [3.05, 3.63) is 59.7 Å². The minimum atomic E-state index is -3.92. The maximum atomic E-state index is 13.2. The van der Waals surface area contributed by atoms with E-state index >= 15 is 0 Å².